The summed E-state index contributed by atoms with van der Waals surface area (Å²) in [5.41, 5.74) is 7.23. The molecule has 4 atom stereocenters. The van der Waals surface area contributed by atoms with E-state index < -0.39 is 29.3 Å². The number of nitrogens with two attached hydrogens (primary N) is 1. The number of fused-ring (bicyclic) bond motifs is 3. The molecule has 0 bridgehead atoms. The largest absolute Gasteiger partial charge is 0.497 e. The van der Waals surface area contributed by atoms with Crippen molar-refractivity contribution in [2.75, 3.05) is 12.0 Å². The summed E-state index contributed by atoms with van der Waals surface area (Å²) >= 11 is 0. The minimum atomic E-state index is -1.66. The van der Waals surface area contributed by atoms with Gasteiger partial charge >= 0.3 is 0 Å². The van der Waals surface area contributed by atoms with Crippen molar-refractivity contribution in [3.05, 3.63) is 102 Å². The van der Waals surface area contributed by atoms with E-state index in [-0.39, 0.29) is 5.78 Å². The number of nitrogens with zero attached hydrogens (tertiary/aromatic N) is 2. The first-order valence-corrected chi connectivity index (χ1v) is 11.0. The Morgan fingerprint density at radius 3 is 2.32 bits per heavy atom. The minimum Gasteiger partial charge on any atom is -0.497 e. The Morgan fingerprint density at radius 2 is 1.68 bits per heavy atom. The number of ketones is 1. The summed E-state index contributed by atoms with van der Waals surface area (Å²) in [4.78, 5) is 29.1. The van der Waals surface area contributed by atoms with Crippen LogP contribution in [0.1, 0.15) is 27.4 Å². The van der Waals surface area contributed by atoms with E-state index in [1.807, 2.05) is 47.4 Å². The lowest BCUT2D eigenvalue weighted by atomic mass is 9.67. The molecule has 168 valence electrons. The number of methoxy groups -OCH3 is 1. The van der Waals surface area contributed by atoms with E-state index in [1.54, 1.807) is 55.6 Å². The van der Waals surface area contributed by atoms with Crippen LogP contribution in [0.5, 0.6) is 5.75 Å². The summed E-state index contributed by atoms with van der Waals surface area (Å²) in [5, 5.41) is 10.5. The molecule has 1 saturated heterocycles. The topological polar surface area (TPSA) is 96.4 Å². The average Bonchev–Trinajstić information content (AvgIpc) is 3.20. The van der Waals surface area contributed by atoms with Crippen molar-refractivity contribution in [2.24, 2.45) is 11.1 Å². The monoisotopic (exact) mass is 449 g/mol. The lowest BCUT2D eigenvalue weighted by Crippen LogP contribution is -2.49. The molecule has 1 fully saturated rings. The zero-order chi connectivity index (χ0) is 23.9. The number of rotatable bonds is 5. The van der Waals surface area contributed by atoms with Crippen molar-refractivity contribution in [3.8, 4) is 11.8 Å². The molecule has 6 heteroatoms. The van der Waals surface area contributed by atoms with Crippen molar-refractivity contribution in [3.63, 3.8) is 0 Å². The highest BCUT2D eigenvalue weighted by atomic mass is 16.5. The second-order valence-corrected chi connectivity index (χ2v) is 8.54. The van der Waals surface area contributed by atoms with E-state index >= 15 is 0 Å². The second kappa shape index (κ2) is 8.20. The number of hydrogen-bond donors (Lipinski definition) is 1. The molecule has 2 N–H and O–H groups in total. The molecule has 2 aliphatic rings. The number of ether oxygens (including phenoxy) is 1. The Labute approximate surface area is 197 Å². The van der Waals surface area contributed by atoms with Gasteiger partial charge in [-0.05, 0) is 29.3 Å². The maximum Gasteiger partial charge on any atom is 0.241 e. The number of benzene rings is 3. The molecule has 6 nitrogen and oxygen atoms in total. The zero-order valence-corrected chi connectivity index (χ0v) is 18.6. The van der Waals surface area contributed by atoms with E-state index in [0.717, 1.165) is 11.3 Å². The number of nitriles is 1. The smallest absolute Gasteiger partial charge is 0.241 e. The number of amides is 1. The first-order chi connectivity index (χ1) is 16.5. The van der Waals surface area contributed by atoms with Crippen LogP contribution in [0, 0.1) is 16.7 Å². The van der Waals surface area contributed by atoms with E-state index in [0.29, 0.717) is 16.9 Å². The predicted molar refractivity (Wildman–Crippen MR) is 129 cm³/mol. The molecule has 1 amide bonds. The summed E-state index contributed by atoms with van der Waals surface area (Å²) in [5.74, 6) is -1.08. The number of Topliss-reactive ketones (excluding diaryl/α,β-unsaturated/α-hetero) is 1. The first kappa shape index (κ1) is 21.5. The molecular formula is C28H23N3O3. The van der Waals surface area contributed by atoms with Crippen molar-refractivity contribution >= 4 is 23.5 Å². The van der Waals surface area contributed by atoms with Crippen LogP contribution in [0.4, 0.5) is 5.69 Å². The number of primary amides is 1. The van der Waals surface area contributed by atoms with Crippen LogP contribution in [0.3, 0.4) is 0 Å². The Bertz CT molecular complexity index is 1330. The molecule has 0 unspecified atom stereocenters. The fourth-order valence-electron chi connectivity index (χ4n) is 5.39. The van der Waals surface area contributed by atoms with Gasteiger partial charge in [-0.1, -0.05) is 72.8 Å². The molecule has 5 rings (SSSR count). The van der Waals surface area contributed by atoms with Gasteiger partial charge < -0.3 is 15.4 Å². The highest BCUT2D eigenvalue weighted by molar-refractivity contribution is 6.06. The first-order valence-electron chi connectivity index (χ1n) is 11.0. The van der Waals surface area contributed by atoms with Gasteiger partial charge in [-0.15, -0.1) is 0 Å². The summed E-state index contributed by atoms with van der Waals surface area (Å²) in [6.07, 6.45) is 3.72. The molecule has 0 saturated carbocycles. The van der Waals surface area contributed by atoms with Crippen LogP contribution >= 0.6 is 0 Å². The SMILES string of the molecule is COc1ccc([C@@H]2[C@H](C(=O)c3ccccc3)N3c4ccccc4C=C[C@H]3[C@@]2(C#N)C(N)=O)cc1. The van der Waals surface area contributed by atoms with Gasteiger partial charge in [0.05, 0.1) is 19.2 Å². The molecule has 2 aliphatic heterocycles. The predicted octanol–water partition coefficient (Wildman–Crippen LogP) is 3.94. The third-order valence-electron chi connectivity index (χ3n) is 6.94. The fourth-order valence-corrected chi connectivity index (χ4v) is 5.39. The highest BCUT2D eigenvalue weighted by Gasteiger charge is 2.65. The van der Waals surface area contributed by atoms with Crippen molar-refractivity contribution in [2.45, 2.75) is 18.0 Å². The van der Waals surface area contributed by atoms with Gasteiger partial charge in [-0.2, -0.15) is 5.26 Å². The Balaban J connectivity index is 1.79. The Kier molecular flexibility index (Phi) is 5.18. The van der Waals surface area contributed by atoms with E-state index in [1.165, 1.54) is 0 Å². The van der Waals surface area contributed by atoms with Gasteiger partial charge in [-0.3, -0.25) is 9.59 Å². The standard InChI is InChI=1S/C28H23N3O3/c1-34-21-14-11-19(12-15-21)24-25(26(32)20-8-3-2-4-9-20)31-22-10-6-5-7-18(22)13-16-23(31)28(24,17-29)27(30)33/h2-16,23-25H,1H3,(H2,30,33)/t23-,24+,25+,28+/m0/s1. The fraction of sp³-hybridized carbons (Fsp3) is 0.179. The summed E-state index contributed by atoms with van der Waals surface area (Å²) in [6, 6.07) is 24.5. The number of carbonyl (C=O) groups excluding carboxylic acids is 2. The van der Waals surface area contributed by atoms with Crippen LogP contribution in [0.15, 0.2) is 84.9 Å². The van der Waals surface area contributed by atoms with Crippen molar-refractivity contribution in [1.29, 1.82) is 5.26 Å². The number of para-hydroxylation sites is 1. The van der Waals surface area contributed by atoms with Crippen molar-refractivity contribution in [1.82, 2.24) is 0 Å². The van der Waals surface area contributed by atoms with Crippen molar-refractivity contribution < 1.29 is 14.3 Å². The summed E-state index contributed by atoms with van der Waals surface area (Å²) in [7, 11) is 1.57. The number of carbonyl (C=O) groups is 2. The van der Waals surface area contributed by atoms with E-state index in [2.05, 4.69) is 6.07 Å². The maximum atomic E-state index is 14.1. The van der Waals surface area contributed by atoms with Crippen LogP contribution < -0.4 is 15.4 Å². The zero-order valence-electron chi connectivity index (χ0n) is 18.6. The van der Waals surface area contributed by atoms with Gasteiger partial charge in [0, 0.05) is 17.2 Å². The van der Waals surface area contributed by atoms with Gasteiger partial charge in [0.15, 0.2) is 11.2 Å². The molecule has 0 radical (unpaired) electrons. The summed E-state index contributed by atoms with van der Waals surface area (Å²) < 4.78 is 5.30. The molecular weight excluding hydrogens is 426 g/mol. The van der Waals surface area contributed by atoms with Crippen LogP contribution in [-0.4, -0.2) is 30.9 Å². The van der Waals surface area contributed by atoms with Gasteiger partial charge in [0.2, 0.25) is 5.91 Å². The maximum absolute atomic E-state index is 14.1. The molecule has 3 aromatic rings. The quantitative estimate of drug-likeness (QED) is 0.595. The second-order valence-electron chi connectivity index (χ2n) is 8.54. The van der Waals surface area contributed by atoms with Gasteiger partial charge in [-0.25, -0.2) is 0 Å². The van der Waals surface area contributed by atoms with E-state index in [4.69, 9.17) is 10.5 Å². The minimum absolute atomic E-state index is 0.171. The van der Waals surface area contributed by atoms with Crippen LogP contribution in [0.2, 0.25) is 0 Å². The van der Waals surface area contributed by atoms with Crippen LogP contribution in [-0.2, 0) is 4.79 Å². The molecule has 3 aromatic carbocycles. The Morgan fingerprint density at radius 1 is 1.00 bits per heavy atom. The van der Waals surface area contributed by atoms with E-state index in [9.17, 15) is 14.9 Å². The Hall–Kier alpha value is -4.37. The van der Waals surface area contributed by atoms with Gasteiger partial charge in [0.25, 0.3) is 0 Å². The lowest BCUT2D eigenvalue weighted by Gasteiger charge is -2.36. The van der Waals surface area contributed by atoms with Crippen LogP contribution in [0.25, 0.3) is 6.08 Å². The molecule has 0 spiro atoms. The number of anilines is 1. The third kappa shape index (κ3) is 3.01. The number of hydrogen-bond acceptors (Lipinski definition) is 5. The van der Waals surface area contributed by atoms with Gasteiger partial charge in [0.1, 0.15) is 11.8 Å². The normalized spacial score (nSPS) is 24.6. The lowest BCUT2D eigenvalue weighted by molar-refractivity contribution is -0.125. The summed E-state index contributed by atoms with van der Waals surface area (Å²) in [6.45, 7) is 0. The average molecular weight is 450 g/mol. The molecule has 0 aromatic heterocycles. The third-order valence-corrected chi connectivity index (χ3v) is 6.94. The highest BCUT2D eigenvalue weighted by Crippen LogP contribution is 2.55. The molecule has 2 heterocycles. The molecule has 0 aliphatic carbocycles. The molecule has 34 heavy (non-hydrogen) atoms.